The van der Waals surface area contributed by atoms with E-state index in [4.69, 9.17) is 22.4 Å². The Balaban J connectivity index is 2.04. The minimum atomic E-state index is -4.36. The molecule has 0 aliphatic heterocycles. The van der Waals surface area contributed by atoms with Crippen molar-refractivity contribution in [1.29, 1.82) is 0 Å². The molecule has 0 saturated carbocycles. The predicted molar refractivity (Wildman–Crippen MR) is 113 cm³/mol. The lowest BCUT2D eigenvalue weighted by Crippen LogP contribution is -2.30. The number of halogens is 4. The van der Waals surface area contributed by atoms with Crippen LogP contribution in [-0.4, -0.2) is 34.8 Å². The van der Waals surface area contributed by atoms with E-state index in [0.29, 0.717) is 10.8 Å². The predicted octanol–water partition coefficient (Wildman–Crippen LogP) is 5.89. The second kappa shape index (κ2) is 10.4. The molecule has 0 amide bonds. The van der Waals surface area contributed by atoms with Gasteiger partial charge in [-0.3, -0.25) is 4.79 Å². The Hall–Kier alpha value is -1.70. The van der Waals surface area contributed by atoms with Gasteiger partial charge >= 0.3 is 12.1 Å². The van der Waals surface area contributed by atoms with Gasteiger partial charge in [0.25, 0.3) is 0 Å². The number of aryl methyl sites for hydroxylation is 1. The standard InChI is InChI=1S/C21H23ClF3NO2S/c1-13-2-7-16(18(22)12-13)14-3-5-15(6-4-14)17(21(23,24)25)8-10-29-11-9-19(26)20(27)28/h2-7,12,17,19H,8-11,26H2,1H3,(H,27,28). The molecule has 158 valence electrons. The van der Waals surface area contributed by atoms with Crippen molar-refractivity contribution in [2.24, 2.45) is 5.73 Å². The fraction of sp³-hybridized carbons (Fsp3) is 0.381. The third-order valence-corrected chi connectivity index (χ3v) is 5.95. The number of thioether (sulfide) groups is 1. The van der Waals surface area contributed by atoms with E-state index in [1.807, 2.05) is 25.1 Å². The molecule has 3 nitrogen and oxygen atoms in total. The number of carboxylic acids is 1. The van der Waals surface area contributed by atoms with Crippen LogP contribution in [0.5, 0.6) is 0 Å². The fourth-order valence-electron chi connectivity index (χ4n) is 2.91. The average molecular weight is 446 g/mol. The highest BCUT2D eigenvalue weighted by Gasteiger charge is 2.40. The van der Waals surface area contributed by atoms with Gasteiger partial charge in [-0.2, -0.15) is 24.9 Å². The summed E-state index contributed by atoms with van der Waals surface area (Å²) in [7, 11) is 0. The molecular weight excluding hydrogens is 423 g/mol. The molecule has 2 unspecified atom stereocenters. The molecule has 3 N–H and O–H groups in total. The van der Waals surface area contributed by atoms with E-state index < -0.39 is 24.1 Å². The smallest absolute Gasteiger partial charge is 0.395 e. The number of rotatable bonds is 9. The van der Waals surface area contributed by atoms with Gasteiger partial charge in [0.05, 0.1) is 5.92 Å². The molecule has 0 aliphatic carbocycles. The number of carboxylic acid groups (broad SMARTS) is 1. The Bertz CT molecular complexity index is 828. The maximum absolute atomic E-state index is 13.6. The van der Waals surface area contributed by atoms with Crippen LogP contribution in [0.3, 0.4) is 0 Å². The van der Waals surface area contributed by atoms with E-state index in [2.05, 4.69) is 0 Å². The average Bonchev–Trinajstić information content (AvgIpc) is 2.63. The van der Waals surface area contributed by atoms with E-state index in [-0.39, 0.29) is 24.2 Å². The molecule has 0 spiro atoms. The quantitative estimate of drug-likeness (QED) is 0.472. The van der Waals surface area contributed by atoms with Crippen molar-refractivity contribution in [3.8, 4) is 11.1 Å². The third-order valence-electron chi connectivity index (χ3n) is 4.59. The number of carbonyl (C=O) groups is 1. The Morgan fingerprint density at radius 2 is 1.76 bits per heavy atom. The summed E-state index contributed by atoms with van der Waals surface area (Å²) < 4.78 is 40.7. The zero-order valence-corrected chi connectivity index (χ0v) is 17.4. The lowest BCUT2D eigenvalue weighted by atomic mass is 9.93. The summed E-state index contributed by atoms with van der Waals surface area (Å²) >= 11 is 7.53. The summed E-state index contributed by atoms with van der Waals surface area (Å²) in [5, 5.41) is 9.28. The maximum atomic E-state index is 13.6. The summed E-state index contributed by atoms with van der Waals surface area (Å²) in [5.41, 5.74) is 8.14. The van der Waals surface area contributed by atoms with Crippen molar-refractivity contribution >= 4 is 29.3 Å². The molecule has 0 aliphatic rings. The van der Waals surface area contributed by atoms with Gasteiger partial charge in [-0.05, 0) is 54.0 Å². The lowest BCUT2D eigenvalue weighted by molar-refractivity contribution is -0.150. The van der Waals surface area contributed by atoms with Gasteiger partial charge in [0.1, 0.15) is 6.04 Å². The minimum absolute atomic E-state index is 0.0822. The van der Waals surface area contributed by atoms with Crippen LogP contribution in [0.1, 0.15) is 29.9 Å². The first-order valence-corrected chi connectivity index (χ1v) is 10.6. The second-order valence-corrected chi connectivity index (χ2v) is 8.47. The number of nitrogens with two attached hydrogens (primary N) is 1. The summed E-state index contributed by atoms with van der Waals surface area (Å²) in [6, 6.07) is 10.9. The zero-order valence-electron chi connectivity index (χ0n) is 15.9. The van der Waals surface area contributed by atoms with Crippen molar-refractivity contribution in [3.05, 3.63) is 58.6 Å². The second-order valence-electron chi connectivity index (χ2n) is 6.83. The zero-order chi connectivity index (χ0) is 21.6. The first kappa shape index (κ1) is 23.6. The first-order valence-electron chi connectivity index (χ1n) is 9.09. The van der Waals surface area contributed by atoms with Crippen molar-refractivity contribution in [2.75, 3.05) is 11.5 Å². The molecule has 0 saturated heterocycles. The van der Waals surface area contributed by atoms with Crippen LogP contribution in [0.25, 0.3) is 11.1 Å². The first-order chi connectivity index (χ1) is 13.6. The molecule has 29 heavy (non-hydrogen) atoms. The van der Waals surface area contributed by atoms with Gasteiger partial charge in [0.2, 0.25) is 0 Å². The summed E-state index contributed by atoms with van der Waals surface area (Å²) in [6.07, 6.45) is -4.22. The number of benzene rings is 2. The third kappa shape index (κ3) is 6.94. The topological polar surface area (TPSA) is 63.3 Å². The number of alkyl halides is 3. The molecular formula is C21H23ClF3NO2S. The Morgan fingerprint density at radius 3 is 2.31 bits per heavy atom. The van der Waals surface area contributed by atoms with E-state index in [1.54, 1.807) is 12.1 Å². The molecule has 0 heterocycles. The van der Waals surface area contributed by atoms with Crippen molar-refractivity contribution in [3.63, 3.8) is 0 Å². The van der Waals surface area contributed by atoms with E-state index in [9.17, 15) is 18.0 Å². The van der Waals surface area contributed by atoms with Gasteiger partial charge in [0, 0.05) is 10.6 Å². The molecule has 8 heteroatoms. The number of hydrogen-bond acceptors (Lipinski definition) is 3. The number of hydrogen-bond donors (Lipinski definition) is 2. The molecule has 2 rings (SSSR count). The van der Waals surface area contributed by atoms with Gasteiger partial charge in [-0.15, -0.1) is 0 Å². The van der Waals surface area contributed by atoms with E-state index >= 15 is 0 Å². The molecule has 2 atom stereocenters. The normalized spacial score (nSPS) is 13.9. The number of aliphatic carboxylic acids is 1. The van der Waals surface area contributed by atoms with Crippen LogP contribution >= 0.6 is 23.4 Å². The maximum Gasteiger partial charge on any atom is 0.395 e. The molecule has 0 radical (unpaired) electrons. The van der Waals surface area contributed by atoms with Gasteiger partial charge in [-0.1, -0.05) is 48.0 Å². The highest BCUT2D eigenvalue weighted by Crippen LogP contribution is 2.39. The van der Waals surface area contributed by atoms with E-state index in [0.717, 1.165) is 16.7 Å². The van der Waals surface area contributed by atoms with Crippen LogP contribution in [-0.2, 0) is 4.79 Å². The molecule has 2 aromatic rings. The monoisotopic (exact) mass is 445 g/mol. The largest absolute Gasteiger partial charge is 0.480 e. The SMILES string of the molecule is Cc1ccc(-c2ccc(C(CCSCCC(N)C(=O)O)C(F)(F)F)cc2)c(Cl)c1. The van der Waals surface area contributed by atoms with Crippen molar-refractivity contribution in [2.45, 2.75) is 37.9 Å². The molecule has 0 bridgehead atoms. The molecule has 0 fully saturated rings. The van der Waals surface area contributed by atoms with Crippen LogP contribution < -0.4 is 5.73 Å². The lowest BCUT2D eigenvalue weighted by Gasteiger charge is -2.21. The van der Waals surface area contributed by atoms with Gasteiger partial charge < -0.3 is 10.8 Å². The Morgan fingerprint density at radius 1 is 1.14 bits per heavy atom. The van der Waals surface area contributed by atoms with Crippen LogP contribution in [0.2, 0.25) is 5.02 Å². The highest BCUT2D eigenvalue weighted by molar-refractivity contribution is 7.99. The van der Waals surface area contributed by atoms with E-state index in [1.165, 1.54) is 23.9 Å². The summed E-state index contributed by atoms with van der Waals surface area (Å²) in [6.45, 7) is 1.92. The van der Waals surface area contributed by atoms with Crippen LogP contribution in [0, 0.1) is 6.92 Å². The van der Waals surface area contributed by atoms with Crippen molar-refractivity contribution in [1.82, 2.24) is 0 Å². The summed E-state index contributed by atoms with van der Waals surface area (Å²) in [4.78, 5) is 10.7. The fourth-order valence-corrected chi connectivity index (χ4v) is 4.28. The Labute approximate surface area is 177 Å². The highest BCUT2D eigenvalue weighted by atomic mass is 35.5. The minimum Gasteiger partial charge on any atom is -0.480 e. The van der Waals surface area contributed by atoms with Gasteiger partial charge in [-0.25, -0.2) is 0 Å². The molecule has 2 aromatic carbocycles. The molecule has 0 aromatic heterocycles. The van der Waals surface area contributed by atoms with Crippen molar-refractivity contribution < 1.29 is 23.1 Å². The summed E-state index contributed by atoms with van der Waals surface area (Å²) in [5.74, 6) is -2.01. The van der Waals surface area contributed by atoms with Crippen LogP contribution in [0.15, 0.2) is 42.5 Å². The Kier molecular flexibility index (Phi) is 8.43. The van der Waals surface area contributed by atoms with Crippen LogP contribution in [0.4, 0.5) is 13.2 Å². The van der Waals surface area contributed by atoms with Gasteiger partial charge in [0.15, 0.2) is 0 Å².